The van der Waals surface area contributed by atoms with Gasteiger partial charge in [0, 0.05) is 25.7 Å². The molecule has 0 aliphatic carbocycles. The molecule has 3 N–H and O–H groups in total. The molecule has 17 nitrogen and oxygen atoms in total. The highest BCUT2D eigenvalue weighted by Crippen LogP contribution is 2.45. The van der Waals surface area contributed by atoms with Gasteiger partial charge < -0.3 is 33.8 Å². The number of esters is 4. The molecule has 19 heteroatoms. The summed E-state index contributed by atoms with van der Waals surface area (Å²) in [5.41, 5.74) is 0. The van der Waals surface area contributed by atoms with Crippen molar-refractivity contribution in [2.24, 2.45) is 5.92 Å². The zero-order valence-corrected chi connectivity index (χ0v) is 57.9. The predicted molar refractivity (Wildman–Crippen MR) is 349 cm³/mol. The minimum Gasteiger partial charge on any atom is -0.462 e. The number of phosphoric ester groups is 2. The van der Waals surface area contributed by atoms with Gasteiger partial charge in [-0.25, -0.2) is 9.13 Å². The van der Waals surface area contributed by atoms with E-state index in [1.54, 1.807) is 0 Å². The highest BCUT2D eigenvalue weighted by Gasteiger charge is 2.30. The molecule has 5 atom stereocenters. The van der Waals surface area contributed by atoms with Crippen LogP contribution in [0.1, 0.15) is 349 Å². The maximum absolute atomic E-state index is 13.0. The Hall–Kier alpha value is -1.94. The number of hydrogen-bond donors (Lipinski definition) is 3. The fourth-order valence-corrected chi connectivity index (χ4v) is 11.9. The van der Waals surface area contributed by atoms with Gasteiger partial charge in [-0.05, 0) is 31.6 Å². The van der Waals surface area contributed by atoms with Crippen LogP contribution in [0.4, 0.5) is 0 Å². The average Bonchev–Trinajstić information content (AvgIpc) is 3.71. The zero-order chi connectivity index (χ0) is 64.2. The monoisotopic (exact) mass is 1280 g/mol. The third kappa shape index (κ3) is 62.6. The molecule has 0 rings (SSSR count). The van der Waals surface area contributed by atoms with Crippen LogP contribution in [-0.2, 0) is 65.4 Å². The van der Waals surface area contributed by atoms with Crippen molar-refractivity contribution < 1.29 is 80.2 Å². The molecule has 0 radical (unpaired) electrons. The summed E-state index contributed by atoms with van der Waals surface area (Å²) < 4.78 is 68.2. The van der Waals surface area contributed by atoms with E-state index in [1.807, 2.05) is 0 Å². The first-order valence-electron chi connectivity index (χ1n) is 35.6. The summed E-state index contributed by atoms with van der Waals surface area (Å²) in [6.45, 7) is 7.15. The Morgan fingerprint density at radius 2 is 0.529 bits per heavy atom. The lowest BCUT2D eigenvalue weighted by Gasteiger charge is -2.21. The zero-order valence-electron chi connectivity index (χ0n) is 56.2. The lowest BCUT2D eigenvalue weighted by Crippen LogP contribution is -2.30. The summed E-state index contributed by atoms with van der Waals surface area (Å²) in [5, 5.41) is 10.6. The molecule has 87 heavy (non-hydrogen) atoms. The third-order valence-electron chi connectivity index (χ3n) is 15.8. The van der Waals surface area contributed by atoms with Gasteiger partial charge in [0.2, 0.25) is 0 Å². The molecule has 0 aromatic heterocycles. The van der Waals surface area contributed by atoms with Gasteiger partial charge in [-0.1, -0.05) is 298 Å². The molecule has 0 fully saturated rings. The number of hydrogen-bond acceptors (Lipinski definition) is 15. The largest absolute Gasteiger partial charge is 0.472 e. The van der Waals surface area contributed by atoms with Crippen molar-refractivity contribution in [2.45, 2.75) is 368 Å². The molecule has 0 amide bonds. The van der Waals surface area contributed by atoms with Crippen LogP contribution in [0, 0.1) is 5.92 Å². The van der Waals surface area contributed by atoms with Crippen molar-refractivity contribution >= 4 is 39.5 Å². The number of ether oxygens (including phenoxy) is 4. The molecule has 516 valence electrons. The van der Waals surface area contributed by atoms with Gasteiger partial charge in [0.1, 0.15) is 19.3 Å². The smallest absolute Gasteiger partial charge is 0.462 e. The van der Waals surface area contributed by atoms with E-state index >= 15 is 0 Å². The van der Waals surface area contributed by atoms with Crippen LogP contribution in [0.2, 0.25) is 0 Å². The van der Waals surface area contributed by atoms with E-state index in [4.69, 9.17) is 37.0 Å². The molecule has 0 heterocycles. The first-order chi connectivity index (χ1) is 42.0. The Balaban J connectivity index is 5.24. The lowest BCUT2D eigenvalue weighted by atomic mass is 10.0. The van der Waals surface area contributed by atoms with E-state index in [-0.39, 0.29) is 25.7 Å². The SMILES string of the molecule is CCCCCCCCCCCCCCCCC(=O)O[C@H](COC(=O)CCCCCCCCCCCCCC)COP(=O)(O)OC[C@@H](O)COP(=O)(O)OC[C@@H](COC(=O)CCCCCCCCC(C)C)OC(=O)CCCCCCCCCCCCCC. The van der Waals surface area contributed by atoms with E-state index in [9.17, 15) is 43.2 Å². The fourth-order valence-electron chi connectivity index (χ4n) is 10.3. The number of unbranched alkanes of at least 4 members (excludes halogenated alkanes) is 40. The van der Waals surface area contributed by atoms with Crippen molar-refractivity contribution in [3.05, 3.63) is 0 Å². The van der Waals surface area contributed by atoms with Crippen LogP contribution in [-0.4, -0.2) is 96.7 Å². The molecular formula is C68H132O17P2. The third-order valence-corrected chi connectivity index (χ3v) is 17.7. The van der Waals surface area contributed by atoms with Gasteiger partial charge in [0.25, 0.3) is 0 Å². The molecule has 0 saturated heterocycles. The van der Waals surface area contributed by atoms with Crippen molar-refractivity contribution in [3.63, 3.8) is 0 Å². The minimum atomic E-state index is -4.95. The topological polar surface area (TPSA) is 237 Å². The maximum Gasteiger partial charge on any atom is 0.472 e. The fraction of sp³-hybridized carbons (Fsp3) is 0.941. The van der Waals surface area contributed by atoms with Gasteiger partial charge in [-0.2, -0.15) is 0 Å². The number of carbonyl (C=O) groups excluding carboxylic acids is 4. The van der Waals surface area contributed by atoms with Gasteiger partial charge in [0.05, 0.1) is 26.4 Å². The summed E-state index contributed by atoms with van der Waals surface area (Å²) in [6, 6.07) is 0. The van der Waals surface area contributed by atoms with Crippen molar-refractivity contribution in [3.8, 4) is 0 Å². The normalized spacial score (nSPS) is 14.1. The number of aliphatic hydroxyl groups is 1. The highest BCUT2D eigenvalue weighted by molar-refractivity contribution is 7.47. The van der Waals surface area contributed by atoms with Gasteiger partial charge in [-0.3, -0.25) is 37.3 Å². The second kappa shape index (κ2) is 61.6. The number of carbonyl (C=O) groups is 4. The molecule has 0 aliphatic heterocycles. The van der Waals surface area contributed by atoms with Crippen LogP contribution in [0.15, 0.2) is 0 Å². The molecule has 0 aliphatic rings. The van der Waals surface area contributed by atoms with Crippen molar-refractivity contribution in [2.75, 3.05) is 39.6 Å². The van der Waals surface area contributed by atoms with Crippen LogP contribution in [0.25, 0.3) is 0 Å². The van der Waals surface area contributed by atoms with Crippen molar-refractivity contribution in [1.82, 2.24) is 0 Å². The van der Waals surface area contributed by atoms with Crippen LogP contribution in [0.3, 0.4) is 0 Å². The first kappa shape index (κ1) is 85.1. The van der Waals surface area contributed by atoms with Crippen molar-refractivity contribution in [1.29, 1.82) is 0 Å². The standard InChI is InChI=1S/C68H132O17P2/c1-6-9-12-15-18-21-24-27-28-31-34-37-44-49-54-68(73)84-63(57-78-65(70)51-46-41-35-32-29-25-22-19-16-13-10-7-2)59-82-86(74,75)80-55-62(69)56-81-87(76,77)83-60-64(58-79-66(71)52-47-42-39-38-40-45-50-61(4)5)85-67(72)53-48-43-36-33-30-26-23-20-17-14-11-8-3/h61-64,69H,6-60H2,1-5H3,(H,74,75)(H,76,77)/t62-,63-,64-/m1/s1. The maximum atomic E-state index is 13.0. The molecular weight excluding hydrogens is 1150 g/mol. The highest BCUT2D eigenvalue weighted by atomic mass is 31.2. The van der Waals surface area contributed by atoms with Gasteiger partial charge >= 0.3 is 39.5 Å². The second-order valence-electron chi connectivity index (χ2n) is 25.0. The van der Waals surface area contributed by atoms with E-state index in [0.29, 0.717) is 31.6 Å². The quantitative estimate of drug-likeness (QED) is 0.0222. The predicted octanol–water partition coefficient (Wildman–Crippen LogP) is 19.4. The summed E-state index contributed by atoms with van der Waals surface area (Å²) in [4.78, 5) is 72.4. The number of rotatable bonds is 68. The number of phosphoric acid groups is 2. The van der Waals surface area contributed by atoms with E-state index < -0.39 is 97.5 Å². The minimum absolute atomic E-state index is 0.106. The molecule has 0 spiro atoms. The summed E-state index contributed by atoms with van der Waals surface area (Å²) >= 11 is 0. The Morgan fingerprint density at radius 3 is 0.782 bits per heavy atom. The molecule has 0 aromatic carbocycles. The second-order valence-corrected chi connectivity index (χ2v) is 27.9. The molecule has 0 bridgehead atoms. The Morgan fingerprint density at radius 1 is 0.310 bits per heavy atom. The average molecular weight is 1280 g/mol. The van der Waals surface area contributed by atoms with E-state index in [1.165, 1.54) is 167 Å². The van der Waals surface area contributed by atoms with E-state index in [2.05, 4.69) is 34.6 Å². The Labute approximate surface area is 530 Å². The molecule has 0 saturated carbocycles. The summed E-state index contributed by atoms with van der Waals surface area (Å²) in [7, 11) is -9.89. The van der Waals surface area contributed by atoms with Crippen LogP contribution >= 0.6 is 15.6 Å². The summed E-state index contributed by atoms with van der Waals surface area (Å²) in [5.74, 6) is -1.44. The lowest BCUT2D eigenvalue weighted by molar-refractivity contribution is -0.161. The van der Waals surface area contributed by atoms with E-state index in [0.717, 1.165) is 96.3 Å². The molecule has 0 aromatic rings. The van der Waals surface area contributed by atoms with Crippen LogP contribution < -0.4 is 0 Å². The Kier molecular flexibility index (Phi) is 60.2. The first-order valence-corrected chi connectivity index (χ1v) is 38.6. The molecule has 2 unspecified atom stereocenters. The van der Waals surface area contributed by atoms with Crippen LogP contribution in [0.5, 0.6) is 0 Å². The van der Waals surface area contributed by atoms with Gasteiger partial charge in [0.15, 0.2) is 12.2 Å². The van der Waals surface area contributed by atoms with Gasteiger partial charge in [-0.15, -0.1) is 0 Å². The Bertz CT molecular complexity index is 1690. The summed E-state index contributed by atoms with van der Waals surface area (Å²) in [6.07, 6.45) is 47.2. The number of aliphatic hydroxyl groups excluding tert-OH is 1.